The standard InChI is InChI=1S/C40H64O12/c1-22(11-14-27(44)19-24(3)29(49-25(4)42)20-28-23(2)13-16-32(45)38(28,6)7)12-15-31-39(8,9)33(17-18-40(31,10)52-26(5)43)51-37-36(48)35(47)34(46)30(21-41)50-37/h11,13,19,27-31,33-37,41,44,46-48H,12,14-18,20-21H2,1-10H3. The van der Waals surface area contributed by atoms with Gasteiger partial charge < -0.3 is 44.5 Å². The van der Waals surface area contributed by atoms with Gasteiger partial charge in [0.05, 0.1) is 18.8 Å². The zero-order chi connectivity index (χ0) is 39.3. The molecule has 1 heterocycles. The van der Waals surface area contributed by atoms with E-state index in [1.54, 1.807) is 6.08 Å². The Morgan fingerprint density at radius 3 is 2.27 bits per heavy atom. The van der Waals surface area contributed by atoms with Crippen molar-refractivity contribution in [3.05, 3.63) is 34.9 Å². The lowest BCUT2D eigenvalue weighted by Crippen LogP contribution is -2.62. The Morgan fingerprint density at radius 2 is 1.67 bits per heavy atom. The summed E-state index contributed by atoms with van der Waals surface area (Å²) in [5.74, 6) is -0.998. The smallest absolute Gasteiger partial charge is 0.303 e. The van der Waals surface area contributed by atoms with E-state index in [-0.39, 0.29) is 17.6 Å². The fourth-order valence-corrected chi connectivity index (χ4v) is 8.61. The van der Waals surface area contributed by atoms with Gasteiger partial charge in [-0.05, 0) is 83.1 Å². The lowest BCUT2D eigenvalue weighted by Gasteiger charge is -2.54. The minimum absolute atomic E-state index is 0.107. The molecule has 0 spiro atoms. The monoisotopic (exact) mass is 736 g/mol. The van der Waals surface area contributed by atoms with Crippen molar-refractivity contribution < 1.29 is 58.9 Å². The van der Waals surface area contributed by atoms with Crippen LogP contribution in [0.25, 0.3) is 0 Å². The largest absolute Gasteiger partial charge is 0.459 e. The minimum atomic E-state index is -1.56. The number of aliphatic hydroxyl groups is 5. The summed E-state index contributed by atoms with van der Waals surface area (Å²) >= 11 is 0. The van der Waals surface area contributed by atoms with E-state index in [0.29, 0.717) is 50.5 Å². The number of aliphatic hydroxyl groups excluding tert-OH is 5. The van der Waals surface area contributed by atoms with Crippen LogP contribution >= 0.6 is 0 Å². The number of ketones is 1. The normalized spacial score (nSPS) is 35.0. The number of carbonyl (C=O) groups is 3. The van der Waals surface area contributed by atoms with Gasteiger partial charge in [0.2, 0.25) is 0 Å². The Hall–Kier alpha value is -2.45. The van der Waals surface area contributed by atoms with Crippen LogP contribution in [0.5, 0.6) is 0 Å². The third-order valence-electron chi connectivity index (χ3n) is 11.9. The maximum atomic E-state index is 12.7. The minimum Gasteiger partial charge on any atom is -0.459 e. The van der Waals surface area contributed by atoms with E-state index < -0.39 is 84.0 Å². The molecule has 0 aromatic rings. The fraction of sp³-hybridized carbons (Fsp3) is 0.775. The summed E-state index contributed by atoms with van der Waals surface area (Å²) in [4.78, 5) is 37.0. The molecule has 1 saturated heterocycles. The van der Waals surface area contributed by atoms with Crippen molar-refractivity contribution in [1.29, 1.82) is 0 Å². The summed E-state index contributed by atoms with van der Waals surface area (Å²) in [6.45, 7) is 17.8. The topological polar surface area (TPSA) is 189 Å². The Balaban J connectivity index is 1.73. The summed E-state index contributed by atoms with van der Waals surface area (Å²) in [6.07, 6.45) is 0.0427. The molecule has 3 aliphatic rings. The molecule has 0 bridgehead atoms. The van der Waals surface area contributed by atoms with Gasteiger partial charge in [-0.15, -0.1) is 0 Å². The number of ether oxygens (including phenoxy) is 4. The number of allylic oxidation sites excluding steroid dienone is 3. The molecule has 2 aliphatic carbocycles. The first-order valence-electron chi connectivity index (χ1n) is 18.6. The van der Waals surface area contributed by atoms with Crippen molar-refractivity contribution >= 4 is 17.7 Å². The second-order valence-corrected chi connectivity index (χ2v) is 16.6. The number of esters is 2. The van der Waals surface area contributed by atoms with E-state index in [2.05, 4.69) is 0 Å². The maximum Gasteiger partial charge on any atom is 0.303 e. The van der Waals surface area contributed by atoms with Gasteiger partial charge in [0.25, 0.3) is 0 Å². The number of carbonyl (C=O) groups excluding carboxylic acids is 3. The predicted molar refractivity (Wildman–Crippen MR) is 194 cm³/mol. The Bertz CT molecular complexity index is 1360. The fourth-order valence-electron chi connectivity index (χ4n) is 8.61. The van der Waals surface area contributed by atoms with Crippen molar-refractivity contribution in [2.45, 2.75) is 169 Å². The van der Waals surface area contributed by atoms with Crippen molar-refractivity contribution in [3.63, 3.8) is 0 Å². The van der Waals surface area contributed by atoms with Gasteiger partial charge in [0.15, 0.2) is 6.29 Å². The molecule has 52 heavy (non-hydrogen) atoms. The summed E-state index contributed by atoms with van der Waals surface area (Å²) in [5.41, 5.74) is 0.787. The molecule has 0 aromatic heterocycles. The van der Waals surface area contributed by atoms with Crippen molar-refractivity contribution in [2.24, 2.45) is 22.7 Å². The molecule has 0 radical (unpaired) electrons. The first-order chi connectivity index (χ1) is 24.0. The van der Waals surface area contributed by atoms with E-state index in [1.165, 1.54) is 13.8 Å². The molecule has 3 rings (SSSR count). The van der Waals surface area contributed by atoms with E-state index in [0.717, 1.165) is 11.1 Å². The van der Waals surface area contributed by atoms with E-state index >= 15 is 0 Å². The molecule has 296 valence electrons. The number of rotatable bonds is 14. The molecule has 2 fully saturated rings. The first-order valence-corrected chi connectivity index (χ1v) is 18.6. The molecule has 0 amide bonds. The lowest BCUT2D eigenvalue weighted by atomic mass is 9.58. The zero-order valence-electron chi connectivity index (χ0n) is 32.8. The molecule has 11 atom stereocenters. The second-order valence-electron chi connectivity index (χ2n) is 16.6. The molecular formula is C40H64O12. The third-order valence-corrected chi connectivity index (χ3v) is 11.9. The van der Waals surface area contributed by atoms with Crippen LogP contribution in [0.2, 0.25) is 0 Å². The molecule has 0 aromatic carbocycles. The summed E-state index contributed by atoms with van der Waals surface area (Å²) in [7, 11) is 0. The molecule has 12 nitrogen and oxygen atoms in total. The zero-order valence-corrected chi connectivity index (χ0v) is 32.8. The van der Waals surface area contributed by atoms with E-state index in [9.17, 15) is 39.9 Å². The molecular weight excluding hydrogens is 672 g/mol. The lowest BCUT2D eigenvalue weighted by molar-refractivity contribution is -0.327. The molecule has 1 saturated carbocycles. The highest BCUT2D eigenvalue weighted by Gasteiger charge is 2.55. The summed E-state index contributed by atoms with van der Waals surface area (Å²) < 4.78 is 23.6. The van der Waals surface area contributed by atoms with Crippen molar-refractivity contribution in [2.75, 3.05) is 6.61 Å². The highest BCUT2D eigenvalue weighted by molar-refractivity contribution is 5.87. The van der Waals surface area contributed by atoms with Gasteiger partial charge in [0.1, 0.15) is 41.9 Å². The predicted octanol–water partition coefficient (Wildman–Crippen LogP) is 4.24. The van der Waals surface area contributed by atoms with Crippen LogP contribution < -0.4 is 0 Å². The Kier molecular flexibility index (Phi) is 15.0. The summed E-state index contributed by atoms with van der Waals surface area (Å²) in [5, 5.41) is 51.9. The van der Waals surface area contributed by atoms with Crippen LogP contribution in [0.15, 0.2) is 34.9 Å². The van der Waals surface area contributed by atoms with Crippen LogP contribution in [0, 0.1) is 22.7 Å². The van der Waals surface area contributed by atoms with Crippen LogP contribution in [-0.2, 0) is 33.3 Å². The van der Waals surface area contributed by atoms with Gasteiger partial charge >= 0.3 is 11.9 Å². The average molecular weight is 737 g/mol. The van der Waals surface area contributed by atoms with Gasteiger partial charge in [-0.2, -0.15) is 0 Å². The molecule has 1 aliphatic heterocycles. The van der Waals surface area contributed by atoms with Crippen LogP contribution in [-0.4, -0.2) is 104 Å². The number of hydrogen-bond donors (Lipinski definition) is 5. The maximum absolute atomic E-state index is 12.7. The Labute approximate surface area is 309 Å². The van der Waals surface area contributed by atoms with Crippen LogP contribution in [0.1, 0.15) is 114 Å². The highest BCUT2D eigenvalue weighted by Crippen LogP contribution is 2.52. The molecule has 12 heteroatoms. The number of Topliss-reactive ketones (excluding diaryl/α,β-unsaturated/α-hetero) is 1. The van der Waals surface area contributed by atoms with Gasteiger partial charge in [-0.3, -0.25) is 14.4 Å². The summed E-state index contributed by atoms with van der Waals surface area (Å²) in [6, 6.07) is 0. The SMILES string of the molecule is CC(=O)OC(CC1C(C)=CCC(=O)C1(C)C)C(C)=CC(O)CC=C(C)CCC1C(C)(OC(C)=O)CCC(OC2OC(CO)C(O)C(O)C2O)C1(C)C. The van der Waals surface area contributed by atoms with E-state index in [4.69, 9.17) is 18.9 Å². The van der Waals surface area contributed by atoms with Gasteiger partial charge in [0, 0.05) is 31.6 Å². The quantitative estimate of drug-likeness (QED) is 0.126. The van der Waals surface area contributed by atoms with Gasteiger partial charge in [-0.25, -0.2) is 0 Å². The van der Waals surface area contributed by atoms with Crippen LogP contribution in [0.3, 0.4) is 0 Å². The van der Waals surface area contributed by atoms with Crippen molar-refractivity contribution in [3.8, 4) is 0 Å². The molecule has 5 N–H and O–H groups in total. The van der Waals surface area contributed by atoms with Crippen molar-refractivity contribution in [1.82, 2.24) is 0 Å². The van der Waals surface area contributed by atoms with E-state index in [1.807, 2.05) is 67.5 Å². The molecule has 11 unspecified atom stereocenters. The average Bonchev–Trinajstić information content (AvgIpc) is 3.04. The Morgan fingerprint density at radius 1 is 1.02 bits per heavy atom. The second kappa shape index (κ2) is 17.8. The van der Waals surface area contributed by atoms with Crippen LogP contribution in [0.4, 0.5) is 0 Å². The van der Waals surface area contributed by atoms with Gasteiger partial charge in [-0.1, -0.05) is 57.1 Å². The number of hydrogen-bond acceptors (Lipinski definition) is 12. The highest BCUT2D eigenvalue weighted by atomic mass is 16.7. The first kappa shape index (κ1) is 44.0. The third kappa shape index (κ3) is 10.4.